The molecule has 4 heteroatoms. The topological polar surface area (TPSA) is 58.9 Å². The van der Waals surface area contributed by atoms with Gasteiger partial charge >= 0.3 is 0 Å². The van der Waals surface area contributed by atoms with E-state index in [-0.39, 0.29) is 11.4 Å². The quantitative estimate of drug-likeness (QED) is 0.866. The Balaban J connectivity index is 2.39. The van der Waals surface area contributed by atoms with Crippen molar-refractivity contribution < 1.29 is 9.18 Å². The first-order valence-corrected chi connectivity index (χ1v) is 7.13. The minimum Gasteiger partial charge on any atom is -0.366 e. The van der Waals surface area contributed by atoms with Crippen LogP contribution in [0, 0.1) is 26.1 Å². The summed E-state index contributed by atoms with van der Waals surface area (Å²) in [4.78, 5) is 14.8. The SMILES string of the molecule is Cc1[nH]c2c(C(N)=O)cc(F)c(C3=CCC[CH]C3)c2c1C. The van der Waals surface area contributed by atoms with E-state index in [9.17, 15) is 9.18 Å². The second-order valence-electron chi connectivity index (χ2n) is 5.57. The van der Waals surface area contributed by atoms with Crippen molar-refractivity contribution in [3.8, 4) is 0 Å². The van der Waals surface area contributed by atoms with Gasteiger partial charge < -0.3 is 10.7 Å². The lowest BCUT2D eigenvalue weighted by Crippen LogP contribution is -2.13. The normalized spacial score (nSPS) is 15.3. The lowest BCUT2D eigenvalue weighted by Gasteiger charge is -2.16. The summed E-state index contributed by atoms with van der Waals surface area (Å²) in [7, 11) is 0. The van der Waals surface area contributed by atoms with Crippen LogP contribution in [-0.4, -0.2) is 10.9 Å². The van der Waals surface area contributed by atoms with Crippen LogP contribution in [0.2, 0.25) is 0 Å². The molecule has 3 rings (SSSR count). The smallest absolute Gasteiger partial charge is 0.250 e. The highest BCUT2D eigenvalue weighted by Gasteiger charge is 2.22. The third kappa shape index (κ3) is 2.15. The minimum atomic E-state index is -0.615. The van der Waals surface area contributed by atoms with Gasteiger partial charge in [-0.15, -0.1) is 0 Å². The fourth-order valence-electron chi connectivity index (χ4n) is 3.05. The molecule has 1 aromatic heterocycles. The van der Waals surface area contributed by atoms with Gasteiger partial charge in [0.05, 0.1) is 11.1 Å². The fourth-order valence-corrected chi connectivity index (χ4v) is 3.05. The number of aryl methyl sites for hydroxylation is 2. The molecule has 109 valence electrons. The zero-order valence-electron chi connectivity index (χ0n) is 12.2. The molecule has 0 fully saturated rings. The van der Waals surface area contributed by atoms with Gasteiger partial charge in [0.15, 0.2) is 0 Å². The number of hydrogen-bond acceptors (Lipinski definition) is 1. The summed E-state index contributed by atoms with van der Waals surface area (Å²) in [6.45, 7) is 3.86. The van der Waals surface area contributed by atoms with E-state index >= 15 is 0 Å². The summed E-state index contributed by atoms with van der Waals surface area (Å²) >= 11 is 0. The van der Waals surface area contributed by atoms with Crippen LogP contribution >= 0.6 is 0 Å². The van der Waals surface area contributed by atoms with Crippen molar-refractivity contribution in [2.45, 2.75) is 33.1 Å². The number of halogens is 1. The number of amides is 1. The van der Waals surface area contributed by atoms with Crippen LogP contribution < -0.4 is 5.73 Å². The second kappa shape index (κ2) is 5.02. The van der Waals surface area contributed by atoms with Crippen molar-refractivity contribution in [3.05, 3.63) is 46.8 Å². The maximum absolute atomic E-state index is 14.6. The van der Waals surface area contributed by atoms with Crippen LogP contribution in [-0.2, 0) is 0 Å². The molecule has 1 amide bonds. The first kappa shape index (κ1) is 13.9. The second-order valence-corrected chi connectivity index (χ2v) is 5.57. The molecule has 3 N–H and O–H groups in total. The third-order valence-electron chi connectivity index (χ3n) is 4.24. The molecule has 0 aliphatic heterocycles. The Morgan fingerprint density at radius 3 is 2.71 bits per heavy atom. The molecular weight excluding hydrogens is 267 g/mol. The Morgan fingerprint density at radius 2 is 2.10 bits per heavy atom. The van der Waals surface area contributed by atoms with E-state index in [1.807, 2.05) is 13.8 Å². The first-order valence-electron chi connectivity index (χ1n) is 7.13. The van der Waals surface area contributed by atoms with Gasteiger partial charge in [-0.1, -0.05) is 6.08 Å². The van der Waals surface area contributed by atoms with Crippen LogP contribution in [0.25, 0.3) is 16.5 Å². The van der Waals surface area contributed by atoms with Gasteiger partial charge in [0.1, 0.15) is 5.82 Å². The number of H-pyrrole nitrogens is 1. The number of aromatic nitrogens is 1. The van der Waals surface area contributed by atoms with E-state index in [0.717, 1.165) is 41.5 Å². The molecule has 1 aromatic carbocycles. The predicted molar refractivity (Wildman–Crippen MR) is 82.4 cm³/mol. The summed E-state index contributed by atoms with van der Waals surface area (Å²) in [6.07, 6.45) is 6.96. The molecule has 2 aromatic rings. The average molecular weight is 285 g/mol. The maximum Gasteiger partial charge on any atom is 0.250 e. The standard InChI is InChI=1S/C17H18FN2O/c1-9-10(2)20-16-12(17(19)21)8-13(18)15(14(9)16)11-6-4-3-5-7-11/h4,7-8,20H,3,5-6H2,1-2H3,(H2,19,21). The number of carbonyl (C=O) groups is 1. The minimum absolute atomic E-state index is 0.211. The fraction of sp³-hybridized carbons (Fsp3) is 0.294. The molecule has 0 saturated heterocycles. The average Bonchev–Trinajstić information content (AvgIpc) is 2.75. The number of allylic oxidation sites excluding steroid dienone is 2. The van der Waals surface area contributed by atoms with Crippen LogP contribution in [0.3, 0.4) is 0 Å². The lowest BCUT2D eigenvalue weighted by atomic mass is 9.89. The molecule has 0 spiro atoms. The molecule has 0 saturated carbocycles. The summed E-state index contributed by atoms with van der Waals surface area (Å²) in [5.41, 5.74) is 9.73. The zero-order valence-corrected chi connectivity index (χ0v) is 12.2. The number of rotatable bonds is 2. The van der Waals surface area contributed by atoms with Crippen molar-refractivity contribution in [2.75, 3.05) is 0 Å². The molecule has 0 atom stereocenters. The van der Waals surface area contributed by atoms with E-state index in [4.69, 9.17) is 5.73 Å². The highest BCUT2D eigenvalue weighted by atomic mass is 19.1. The maximum atomic E-state index is 14.6. The Bertz CT molecular complexity index is 771. The van der Waals surface area contributed by atoms with Gasteiger partial charge in [-0.25, -0.2) is 4.39 Å². The van der Waals surface area contributed by atoms with E-state index < -0.39 is 5.91 Å². The Labute approximate surface area is 123 Å². The molecular formula is C17H18FN2O. The number of aromatic amines is 1. The number of benzene rings is 1. The summed E-state index contributed by atoms with van der Waals surface area (Å²) in [5, 5.41) is 0.780. The molecule has 0 bridgehead atoms. The zero-order chi connectivity index (χ0) is 15.1. The highest BCUT2D eigenvalue weighted by molar-refractivity contribution is 6.09. The van der Waals surface area contributed by atoms with Crippen molar-refractivity contribution >= 4 is 22.4 Å². The number of hydrogen-bond donors (Lipinski definition) is 2. The van der Waals surface area contributed by atoms with Crippen molar-refractivity contribution in [1.82, 2.24) is 4.98 Å². The Kier molecular flexibility index (Phi) is 3.32. The summed E-state index contributed by atoms with van der Waals surface area (Å²) in [5.74, 6) is -0.990. The molecule has 1 aliphatic rings. The third-order valence-corrected chi connectivity index (χ3v) is 4.24. The van der Waals surface area contributed by atoms with Gasteiger partial charge in [0.25, 0.3) is 5.91 Å². The molecule has 1 heterocycles. The molecule has 3 nitrogen and oxygen atoms in total. The van der Waals surface area contributed by atoms with Gasteiger partial charge in [-0.3, -0.25) is 4.79 Å². The van der Waals surface area contributed by atoms with Crippen molar-refractivity contribution in [3.63, 3.8) is 0 Å². The number of fused-ring (bicyclic) bond motifs is 1. The largest absolute Gasteiger partial charge is 0.366 e. The lowest BCUT2D eigenvalue weighted by molar-refractivity contribution is 0.100. The Hall–Kier alpha value is -2.10. The summed E-state index contributed by atoms with van der Waals surface area (Å²) < 4.78 is 14.6. The molecule has 21 heavy (non-hydrogen) atoms. The first-order chi connectivity index (χ1) is 10.0. The molecule has 0 unspecified atom stereocenters. The van der Waals surface area contributed by atoms with Crippen molar-refractivity contribution in [1.29, 1.82) is 0 Å². The summed E-state index contributed by atoms with van der Waals surface area (Å²) in [6, 6.07) is 1.25. The van der Waals surface area contributed by atoms with Crippen LogP contribution in [0.5, 0.6) is 0 Å². The van der Waals surface area contributed by atoms with Crippen LogP contribution in [0.4, 0.5) is 4.39 Å². The Morgan fingerprint density at radius 1 is 1.33 bits per heavy atom. The number of nitrogens with two attached hydrogens (primary N) is 1. The van der Waals surface area contributed by atoms with Crippen molar-refractivity contribution in [2.24, 2.45) is 5.73 Å². The van der Waals surface area contributed by atoms with Gasteiger partial charge in [-0.2, -0.15) is 0 Å². The van der Waals surface area contributed by atoms with Gasteiger partial charge in [-0.05, 0) is 56.7 Å². The van der Waals surface area contributed by atoms with Gasteiger partial charge in [0.2, 0.25) is 0 Å². The van der Waals surface area contributed by atoms with Gasteiger partial charge in [0, 0.05) is 16.6 Å². The predicted octanol–water partition coefficient (Wildman–Crippen LogP) is 3.79. The monoisotopic (exact) mass is 285 g/mol. The van der Waals surface area contributed by atoms with E-state index in [1.54, 1.807) is 0 Å². The number of carbonyl (C=O) groups excluding carboxylic acids is 1. The van der Waals surface area contributed by atoms with E-state index in [2.05, 4.69) is 17.5 Å². The number of nitrogens with one attached hydrogen (secondary N) is 1. The van der Waals surface area contributed by atoms with Crippen LogP contribution in [0.15, 0.2) is 12.1 Å². The number of primary amides is 1. The highest BCUT2D eigenvalue weighted by Crippen LogP contribution is 2.37. The van der Waals surface area contributed by atoms with E-state index in [1.165, 1.54) is 6.07 Å². The van der Waals surface area contributed by atoms with Crippen LogP contribution in [0.1, 0.15) is 46.4 Å². The molecule has 1 radical (unpaired) electrons. The van der Waals surface area contributed by atoms with E-state index in [0.29, 0.717) is 11.1 Å². The molecule has 1 aliphatic carbocycles.